The predicted molar refractivity (Wildman–Crippen MR) is 51.4 cm³/mol. The molecule has 2 aromatic rings. The van der Waals surface area contributed by atoms with Crippen LogP contribution in [-0.2, 0) is 0 Å². The lowest BCUT2D eigenvalue weighted by molar-refractivity contribution is 0.268. The fraction of sp³-hybridized carbons (Fsp3) is 0.200. The molecule has 0 spiro atoms. The molecule has 0 radical (unpaired) electrons. The molecule has 0 aliphatic heterocycles. The van der Waals surface area contributed by atoms with Crippen LogP contribution in [0.4, 0.5) is 0 Å². The Morgan fingerprint density at radius 1 is 1.46 bits per heavy atom. The molecule has 3 nitrogen and oxygen atoms in total. The van der Waals surface area contributed by atoms with Crippen molar-refractivity contribution in [1.82, 2.24) is 4.40 Å². The van der Waals surface area contributed by atoms with Crippen molar-refractivity contribution in [2.45, 2.75) is 6.04 Å². The molecule has 1 atom stereocenters. The molecular weight excluding hydrogens is 164 g/mol. The SMILES string of the molecule is N[C@H](CO)c1cc2ccccn2c1. The van der Waals surface area contributed by atoms with Gasteiger partial charge in [-0.3, -0.25) is 0 Å². The number of nitrogens with two attached hydrogens (primary N) is 1. The smallest absolute Gasteiger partial charge is 0.0624 e. The van der Waals surface area contributed by atoms with Crippen LogP contribution in [0.3, 0.4) is 0 Å². The van der Waals surface area contributed by atoms with E-state index in [1.165, 1.54) is 0 Å². The standard InChI is InChI=1S/C10H12N2O/c11-10(7-13)8-5-9-3-1-2-4-12(9)6-8/h1-6,10,13H,7,11H2/t10-/m1/s1. The maximum atomic E-state index is 8.88. The molecule has 2 heterocycles. The van der Waals surface area contributed by atoms with Gasteiger partial charge in [-0.05, 0) is 23.8 Å². The molecule has 0 aliphatic carbocycles. The molecule has 0 amide bonds. The van der Waals surface area contributed by atoms with Crippen LogP contribution in [0.2, 0.25) is 0 Å². The van der Waals surface area contributed by atoms with E-state index >= 15 is 0 Å². The van der Waals surface area contributed by atoms with Crippen LogP contribution in [0, 0.1) is 0 Å². The highest BCUT2D eigenvalue weighted by atomic mass is 16.3. The number of hydrogen-bond donors (Lipinski definition) is 2. The van der Waals surface area contributed by atoms with Crippen LogP contribution in [0.5, 0.6) is 0 Å². The Morgan fingerprint density at radius 3 is 3.00 bits per heavy atom. The van der Waals surface area contributed by atoms with Crippen molar-refractivity contribution in [2.75, 3.05) is 6.61 Å². The van der Waals surface area contributed by atoms with Gasteiger partial charge in [0.2, 0.25) is 0 Å². The fourth-order valence-electron chi connectivity index (χ4n) is 1.39. The molecular formula is C10H12N2O. The summed E-state index contributed by atoms with van der Waals surface area (Å²) in [5, 5.41) is 8.88. The molecule has 0 fully saturated rings. The Bertz CT molecular complexity index is 375. The van der Waals surface area contributed by atoms with E-state index in [0.717, 1.165) is 11.1 Å². The Hall–Kier alpha value is -1.32. The van der Waals surface area contributed by atoms with Crippen LogP contribution in [0.25, 0.3) is 5.52 Å². The first kappa shape index (κ1) is 8.29. The molecule has 13 heavy (non-hydrogen) atoms. The van der Waals surface area contributed by atoms with E-state index in [4.69, 9.17) is 10.8 Å². The first-order valence-corrected chi connectivity index (χ1v) is 4.24. The number of nitrogens with zero attached hydrogens (tertiary/aromatic N) is 1. The molecule has 2 rings (SSSR count). The summed E-state index contributed by atoms with van der Waals surface area (Å²) in [5.41, 5.74) is 7.76. The zero-order valence-electron chi connectivity index (χ0n) is 7.22. The number of hydrogen-bond acceptors (Lipinski definition) is 2. The topological polar surface area (TPSA) is 50.7 Å². The zero-order chi connectivity index (χ0) is 9.26. The molecule has 0 aromatic carbocycles. The predicted octanol–water partition coefficient (Wildman–Crippen LogP) is 0.931. The molecule has 3 N–H and O–H groups in total. The van der Waals surface area contributed by atoms with E-state index < -0.39 is 0 Å². The van der Waals surface area contributed by atoms with Crippen molar-refractivity contribution < 1.29 is 5.11 Å². The Balaban J connectivity index is 2.49. The van der Waals surface area contributed by atoms with Crippen molar-refractivity contribution in [3.63, 3.8) is 0 Å². The van der Waals surface area contributed by atoms with E-state index in [1.54, 1.807) is 0 Å². The van der Waals surface area contributed by atoms with Gasteiger partial charge in [0, 0.05) is 17.9 Å². The highest BCUT2D eigenvalue weighted by Crippen LogP contribution is 2.14. The van der Waals surface area contributed by atoms with Gasteiger partial charge in [0.25, 0.3) is 0 Å². The Morgan fingerprint density at radius 2 is 2.31 bits per heavy atom. The quantitative estimate of drug-likeness (QED) is 0.715. The highest BCUT2D eigenvalue weighted by molar-refractivity contribution is 5.50. The van der Waals surface area contributed by atoms with Crippen molar-refractivity contribution in [3.05, 3.63) is 42.2 Å². The first-order chi connectivity index (χ1) is 6.31. The van der Waals surface area contributed by atoms with Gasteiger partial charge >= 0.3 is 0 Å². The fourth-order valence-corrected chi connectivity index (χ4v) is 1.39. The molecule has 3 heteroatoms. The van der Waals surface area contributed by atoms with Crippen LogP contribution < -0.4 is 5.73 Å². The van der Waals surface area contributed by atoms with Crippen LogP contribution in [0.1, 0.15) is 11.6 Å². The van der Waals surface area contributed by atoms with Crippen molar-refractivity contribution in [3.8, 4) is 0 Å². The van der Waals surface area contributed by atoms with E-state index in [0.29, 0.717) is 0 Å². The summed E-state index contributed by atoms with van der Waals surface area (Å²) in [6.45, 7) is -0.0170. The van der Waals surface area contributed by atoms with Crippen molar-refractivity contribution >= 4 is 5.52 Å². The Labute approximate surface area is 76.4 Å². The third-order valence-electron chi connectivity index (χ3n) is 2.15. The third-order valence-corrected chi connectivity index (χ3v) is 2.15. The average molecular weight is 176 g/mol. The minimum atomic E-state index is -0.278. The second kappa shape index (κ2) is 3.20. The summed E-state index contributed by atoms with van der Waals surface area (Å²) < 4.78 is 1.99. The maximum Gasteiger partial charge on any atom is 0.0624 e. The van der Waals surface area contributed by atoms with Gasteiger partial charge in [0.15, 0.2) is 0 Å². The minimum absolute atomic E-state index is 0.0170. The summed E-state index contributed by atoms with van der Waals surface area (Å²) >= 11 is 0. The van der Waals surface area contributed by atoms with Gasteiger partial charge in [-0.2, -0.15) is 0 Å². The lowest BCUT2D eigenvalue weighted by Gasteiger charge is -2.02. The third kappa shape index (κ3) is 1.43. The number of aliphatic hydroxyl groups excluding tert-OH is 1. The van der Waals surface area contributed by atoms with E-state index in [2.05, 4.69) is 0 Å². The number of pyridine rings is 1. The van der Waals surface area contributed by atoms with E-state index in [9.17, 15) is 0 Å². The molecule has 0 bridgehead atoms. The largest absolute Gasteiger partial charge is 0.394 e. The molecule has 0 saturated heterocycles. The average Bonchev–Trinajstić information content (AvgIpc) is 2.59. The lowest BCUT2D eigenvalue weighted by atomic mass is 10.2. The normalized spacial score (nSPS) is 13.4. The molecule has 0 saturated carbocycles. The van der Waals surface area contributed by atoms with Gasteiger partial charge in [0.05, 0.1) is 12.6 Å². The second-order valence-electron chi connectivity index (χ2n) is 3.10. The van der Waals surface area contributed by atoms with Crippen LogP contribution in [-0.4, -0.2) is 16.1 Å². The molecule has 68 valence electrons. The lowest BCUT2D eigenvalue weighted by Crippen LogP contribution is -2.13. The molecule has 2 aromatic heterocycles. The molecule has 0 aliphatic rings. The van der Waals surface area contributed by atoms with E-state index in [1.807, 2.05) is 41.1 Å². The zero-order valence-corrected chi connectivity index (χ0v) is 7.22. The summed E-state index contributed by atoms with van der Waals surface area (Å²) in [7, 11) is 0. The second-order valence-corrected chi connectivity index (χ2v) is 3.10. The van der Waals surface area contributed by atoms with Crippen LogP contribution in [0.15, 0.2) is 36.7 Å². The number of rotatable bonds is 2. The van der Waals surface area contributed by atoms with Gasteiger partial charge in [-0.15, -0.1) is 0 Å². The number of aliphatic hydroxyl groups is 1. The van der Waals surface area contributed by atoms with Gasteiger partial charge in [-0.1, -0.05) is 6.07 Å². The summed E-state index contributed by atoms with van der Waals surface area (Å²) in [4.78, 5) is 0. The van der Waals surface area contributed by atoms with Crippen LogP contribution >= 0.6 is 0 Å². The van der Waals surface area contributed by atoms with Gasteiger partial charge < -0.3 is 15.2 Å². The highest BCUT2D eigenvalue weighted by Gasteiger charge is 2.06. The molecule has 0 unspecified atom stereocenters. The number of aromatic nitrogens is 1. The monoisotopic (exact) mass is 176 g/mol. The number of fused-ring (bicyclic) bond motifs is 1. The van der Waals surface area contributed by atoms with E-state index in [-0.39, 0.29) is 12.6 Å². The van der Waals surface area contributed by atoms with Gasteiger partial charge in [0.1, 0.15) is 0 Å². The van der Waals surface area contributed by atoms with Crippen molar-refractivity contribution in [1.29, 1.82) is 0 Å². The summed E-state index contributed by atoms with van der Waals surface area (Å²) in [5.74, 6) is 0. The Kier molecular flexibility index (Phi) is 2.04. The first-order valence-electron chi connectivity index (χ1n) is 4.24. The van der Waals surface area contributed by atoms with Crippen molar-refractivity contribution in [2.24, 2.45) is 5.73 Å². The summed E-state index contributed by atoms with van der Waals surface area (Å²) in [6.07, 6.45) is 3.90. The summed E-state index contributed by atoms with van der Waals surface area (Å²) in [6, 6.07) is 7.65. The minimum Gasteiger partial charge on any atom is -0.394 e. The van der Waals surface area contributed by atoms with Gasteiger partial charge in [-0.25, -0.2) is 0 Å². The maximum absolute atomic E-state index is 8.88.